The third-order valence-electron chi connectivity index (χ3n) is 4.78. The lowest BCUT2D eigenvalue weighted by atomic mass is 9.95. The highest BCUT2D eigenvalue weighted by Gasteiger charge is 2.26. The molecule has 1 aliphatic heterocycles. The Morgan fingerprint density at radius 2 is 2.00 bits per heavy atom. The number of fused-ring (bicyclic) bond motifs is 1. The second-order valence-corrected chi connectivity index (χ2v) is 6.54. The SMILES string of the molecule is O=C(Nc1ccccc1)N1CCCC(c2cc3cc(F)ccc3[nH]2)C1. The lowest BCUT2D eigenvalue weighted by Gasteiger charge is -2.32. The first kappa shape index (κ1) is 15.7. The Morgan fingerprint density at radius 1 is 1.16 bits per heavy atom. The third kappa shape index (κ3) is 3.36. The summed E-state index contributed by atoms with van der Waals surface area (Å²) in [6.45, 7) is 1.41. The lowest BCUT2D eigenvalue weighted by Crippen LogP contribution is -2.41. The molecule has 2 N–H and O–H groups in total. The maximum absolute atomic E-state index is 13.4. The molecule has 1 fully saturated rings. The number of hydrogen-bond acceptors (Lipinski definition) is 1. The Labute approximate surface area is 145 Å². The molecular formula is C20H20FN3O. The number of piperidine rings is 1. The first-order valence-electron chi connectivity index (χ1n) is 8.58. The van der Waals surface area contributed by atoms with Crippen molar-refractivity contribution in [1.82, 2.24) is 9.88 Å². The molecule has 0 radical (unpaired) electrons. The maximum atomic E-state index is 13.4. The molecule has 0 saturated carbocycles. The molecule has 128 valence electrons. The van der Waals surface area contributed by atoms with Gasteiger partial charge in [-0.15, -0.1) is 0 Å². The van der Waals surface area contributed by atoms with Crippen molar-refractivity contribution in [3.05, 3.63) is 66.1 Å². The number of para-hydroxylation sites is 1. The zero-order chi connectivity index (χ0) is 17.2. The highest BCUT2D eigenvalue weighted by molar-refractivity contribution is 5.89. The van der Waals surface area contributed by atoms with Crippen molar-refractivity contribution in [2.45, 2.75) is 18.8 Å². The van der Waals surface area contributed by atoms with Gasteiger partial charge < -0.3 is 15.2 Å². The van der Waals surface area contributed by atoms with Crippen LogP contribution < -0.4 is 5.32 Å². The van der Waals surface area contributed by atoms with Crippen LogP contribution in [0.25, 0.3) is 10.9 Å². The molecule has 1 saturated heterocycles. The summed E-state index contributed by atoms with van der Waals surface area (Å²) < 4.78 is 13.4. The van der Waals surface area contributed by atoms with Crippen molar-refractivity contribution in [1.29, 1.82) is 0 Å². The number of anilines is 1. The van der Waals surface area contributed by atoms with Gasteiger partial charge >= 0.3 is 6.03 Å². The molecule has 1 aliphatic rings. The number of nitrogens with zero attached hydrogens (tertiary/aromatic N) is 1. The van der Waals surface area contributed by atoms with Crippen LogP contribution in [0.5, 0.6) is 0 Å². The largest absolute Gasteiger partial charge is 0.358 e. The Balaban J connectivity index is 1.49. The minimum absolute atomic E-state index is 0.0712. The number of H-pyrrole nitrogens is 1. The summed E-state index contributed by atoms with van der Waals surface area (Å²) in [5.74, 6) is 0.0105. The first-order valence-corrected chi connectivity index (χ1v) is 8.58. The summed E-state index contributed by atoms with van der Waals surface area (Å²) in [6.07, 6.45) is 1.97. The van der Waals surface area contributed by atoms with E-state index in [4.69, 9.17) is 0 Å². The molecule has 0 bridgehead atoms. The number of nitrogens with one attached hydrogen (secondary N) is 2. The number of likely N-dealkylation sites (tertiary alicyclic amines) is 1. The highest BCUT2D eigenvalue weighted by atomic mass is 19.1. The van der Waals surface area contributed by atoms with Crippen LogP contribution in [0.2, 0.25) is 0 Å². The van der Waals surface area contributed by atoms with Crippen molar-refractivity contribution in [2.75, 3.05) is 18.4 Å². The third-order valence-corrected chi connectivity index (χ3v) is 4.78. The van der Waals surface area contributed by atoms with E-state index in [1.54, 1.807) is 6.07 Å². The number of benzene rings is 2. The maximum Gasteiger partial charge on any atom is 0.321 e. The summed E-state index contributed by atoms with van der Waals surface area (Å²) in [6, 6.07) is 16.2. The van der Waals surface area contributed by atoms with Crippen LogP contribution >= 0.6 is 0 Å². The molecule has 1 unspecified atom stereocenters. The quantitative estimate of drug-likeness (QED) is 0.698. The van der Waals surface area contributed by atoms with E-state index in [1.807, 2.05) is 41.3 Å². The Hall–Kier alpha value is -2.82. The van der Waals surface area contributed by atoms with Gasteiger partial charge in [0.1, 0.15) is 5.82 Å². The van der Waals surface area contributed by atoms with Gasteiger partial charge in [-0.2, -0.15) is 0 Å². The lowest BCUT2D eigenvalue weighted by molar-refractivity contribution is 0.192. The van der Waals surface area contributed by atoms with Gasteiger partial charge in [0.15, 0.2) is 0 Å². The van der Waals surface area contributed by atoms with E-state index in [-0.39, 0.29) is 17.8 Å². The summed E-state index contributed by atoms with van der Waals surface area (Å²) in [5.41, 5.74) is 2.80. The molecule has 2 aromatic carbocycles. The van der Waals surface area contributed by atoms with Gasteiger partial charge in [0.2, 0.25) is 0 Å². The van der Waals surface area contributed by atoms with Crippen LogP contribution in [0.3, 0.4) is 0 Å². The molecule has 0 aliphatic carbocycles. The number of halogens is 1. The van der Waals surface area contributed by atoms with E-state index in [1.165, 1.54) is 12.1 Å². The van der Waals surface area contributed by atoms with Crippen LogP contribution in [0.1, 0.15) is 24.5 Å². The van der Waals surface area contributed by atoms with E-state index in [0.717, 1.165) is 41.7 Å². The average Bonchev–Trinajstić information content (AvgIpc) is 3.06. The number of rotatable bonds is 2. The zero-order valence-corrected chi connectivity index (χ0v) is 13.8. The average molecular weight is 337 g/mol. The molecular weight excluding hydrogens is 317 g/mol. The molecule has 5 heteroatoms. The fourth-order valence-corrected chi connectivity index (χ4v) is 3.49. The smallest absolute Gasteiger partial charge is 0.321 e. The van der Waals surface area contributed by atoms with Crippen LogP contribution in [-0.4, -0.2) is 29.0 Å². The fraction of sp³-hybridized carbons (Fsp3) is 0.250. The first-order chi connectivity index (χ1) is 12.2. The number of hydrogen-bond donors (Lipinski definition) is 2. The highest BCUT2D eigenvalue weighted by Crippen LogP contribution is 2.29. The summed E-state index contributed by atoms with van der Waals surface area (Å²) in [4.78, 5) is 17.7. The molecule has 2 heterocycles. The number of amides is 2. The number of aromatic amines is 1. The normalized spacial score (nSPS) is 17.6. The van der Waals surface area contributed by atoms with Gasteiger partial charge in [-0.05, 0) is 49.2 Å². The van der Waals surface area contributed by atoms with Crippen molar-refractivity contribution in [3.63, 3.8) is 0 Å². The predicted molar refractivity (Wildman–Crippen MR) is 97.3 cm³/mol. The second kappa shape index (κ2) is 6.59. The van der Waals surface area contributed by atoms with Crippen LogP contribution in [0.15, 0.2) is 54.6 Å². The topological polar surface area (TPSA) is 48.1 Å². The number of urea groups is 1. The number of carbonyl (C=O) groups excluding carboxylic acids is 1. The molecule has 4 nitrogen and oxygen atoms in total. The minimum Gasteiger partial charge on any atom is -0.358 e. The van der Waals surface area contributed by atoms with Crippen LogP contribution in [0.4, 0.5) is 14.9 Å². The van der Waals surface area contributed by atoms with Gasteiger partial charge in [-0.3, -0.25) is 0 Å². The molecule has 4 rings (SSSR count). The Morgan fingerprint density at radius 3 is 2.84 bits per heavy atom. The fourth-order valence-electron chi connectivity index (χ4n) is 3.49. The number of carbonyl (C=O) groups is 1. The second-order valence-electron chi connectivity index (χ2n) is 6.54. The van der Waals surface area contributed by atoms with E-state index in [9.17, 15) is 9.18 Å². The van der Waals surface area contributed by atoms with Gasteiger partial charge in [-0.1, -0.05) is 18.2 Å². The van der Waals surface area contributed by atoms with Crippen LogP contribution in [-0.2, 0) is 0 Å². The monoisotopic (exact) mass is 337 g/mol. The van der Waals surface area contributed by atoms with Crippen molar-refractivity contribution >= 4 is 22.6 Å². The number of aromatic nitrogens is 1. The summed E-state index contributed by atoms with van der Waals surface area (Å²) in [7, 11) is 0. The van der Waals surface area contributed by atoms with E-state index in [2.05, 4.69) is 10.3 Å². The van der Waals surface area contributed by atoms with E-state index >= 15 is 0 Å². The standard InChI is InChI=1S/C20H20FN3O/c21-16-8-9-18-15(11-16)12-19(23-18)14-5-4-10-24(13-14)20(25)22-17-6-2-1-3-7-17/h1-3,6-9,11-12,14,23H,4-5,10,13H2,(H,22,25). The molecule has 1 aromatic heterocycles. The van der Waals surface area contributed by atoms with Gasteiger partial charge in [-0.25, -0.2) is 9.18 Å². The summed E-state index contributed by atoms with van der Waals surface area (Å²) in [5, 5.41) is 3.82. The van der Waals surface area contributed by atoms with E-state index in [0.29, 0.717) is 6.54 Å². The predicted octanol–water partition coefficient (Wildman–Crippen LogP) is 4.72. The van der Waals surface area contributed by atoms with Gasteiger partial charge in [0, 0.05) is 41.3 Å². The van der Waals surface area contributed by atoms with Crippen molar-refractivity contribution in [2.24, 2.45) is 0 Å². The molecule has 0 spiro atoms. The van der Waals surface area contributed by atoms with Crippen molar-refractivity contribution in [3.8, 4) is 0 Å². The van der Waals surface area contributed by atoms with Crippen molar-refractivity contribution < 1.29 is 9.18 Å². The van der Waals surface area contributed by atoms with Gasteiger partial charge in [0.25, 0.3) is 0 Å². The molecule has 1 atom stereocenters. The summed E-state index contributed by atoms with van der Waals surface area (Å²) >= 11 is 0. The zero-order valence-electron chi connectivity index (χ0n) is 13.8. The Bertz CT molecular complexity index is 890. The molecule has 2 amide bonds. The van der Waals surface area contributed by atoms with Gasteiger partial charge in [0.05, 0.1) is 0 Å². The molecule has 3 aromatic rings. The van der Waals surface area contributed by atoms with E-state index < -0.39 is 0 Å². The Kier molecular flexibility index (Phi) is 4.14. The minimum atomic E-state index is -0.231. The molecule has 25 heavy (non-hydrogen) atoms. The van der Waals surface area contributed by atoms with Crippen LogP contribution in [0, 0.1) is 5.82 Å².